The van der Waals surface area contributed by atoms with E-state index in [-0.39, 0.29) is 24.7 Å². The molecule has 152 valence electrons. The fourth-order valence-electron chi connectivity index (χ4n) is 3.30. The zero-order valence-electron chi connectivity index (χ0n) is 16.6. The maximum atomic E-state index is 12.4. The molecule has 0 atom stereocenters. The maximum Gasteiger partial charge on any atom is 0.243 e. The van der Waals surface area contributed by atoms with Crippen LogP contribution in [0.4, 0.5) is 0 Å². The normalized spacial score (nSPS) is 13.2. The van der Waals surface area contributed by atoms with Crippen molar-refractivity contribution in [3.63, 3.8) is 0 Å². The highest BCUT2D eigenvalue weighted by molar-refractivity contribution is 6.02. The Hall–Kier alpha value is -3.74. The average Bonchev–Trinajstić information content (AvgIpc) is 3.50. The van der Waals surface area contributed by atoms with Crippen molar-refractivity contribution in [1.82, 2.24) is 20.1 Å². The summed E-state index contributed by atoms with van der Waals surface area (Å²) < 4.78 is 1.78. The number of hydrazone groups is 1. The highest BCUT2D eigenvalue weighted by atomic mass is 16.2. The molecule has 3 aromatic rings. The minimum absolute atomic E-state index is 0.125. The molecule has 1 aliphatic heterocycles. The van der Waals surface area contributed by atoms with Gasteiger partial charge in [0, 0.05) is 38.2 Å². The van der Waals surface area contributed by atoms with E-state index in [0.29, 0.717) is 13.1 Å². The molecule has 0 bridgehead atoms. The minimum atomic E-state index is -0.147. The van der Waals surface area contributed by atoms with E-state index >= 15 is 0 Å². The molecule has 0 spiro atoms. The van der Waals surface area contributed by atoms with E-state index < -0.39 is 0 Å². The summed E-state index contributed by atoms with van der Waals surface area (Å²) in [6, 6.07) is 19.5. The Balaban J connectivity index is 1.22. The summed E-state index contributed by atoms with van der Waals surface area (Å²) in [7, 11) is 0. The van der Waals surface area contributed by atoms with Crippen molar-refractivity contribution in [2.75, 3.05) is 6.54 Å². The number of carbonyl (C=O) groups excluding carboxylic acids is 2. The lowest BCUT2D eigenvalue weighted by Crippen LogP contribution is -2.27. The number of hydrogen-bond acceptors (Lipinski definition) is 4. The molecule has 2 heterocycles. The van der Waals surface area contributed by atoms with E-state index in [0.717, 1.165) is 28.9 Å². The van der Waals surface area contributed by atoms with Gasteiger partial charge in [0.05, 0.1) is 17.9 Å². The van der Waals surface area contributed by atoms with Crippen LogP contribution in [-0.2, 0) is 16.1 Å². The first-order valence-electron chi connectivity index (χ1n) is 9.98. The average molecular weight is 401 g/mol. The number of rotatable bonds is 7. The summed E-state index contributed by atoms with van der Waals surface area (Å²) in [5.41, 5.74) is 3.89. The number of nitrogens with one attached hydrogen (secondary N) is 1. The van der Waals surface area contributed by atoms with Gasteiger partial charge in [0.2, 0.25) is 11.8 Å². The zero-order valence-corrected chi connectivity index (χ0v) is 16.6. The molecule has 7 nitrogen and oxygen atoms in total. The molecular weight excluding hydrogens is 378 g/mol. The Labute approximate surface area is 175 Å². The SMILES string of the molecule is O=C(CCC(=O)N1CCC(c2ccccc2)=N1)NCc1ccc(-n2cccn2)cc1. The molecule has 1 aromatic heterocycles. The minimum Gasteiger partial charge on any atom is -0.352 e. The van der Waals surface area contributed by atoms with Crippen LogP contribution in [0, 0.1) is 0 Å². The smallest absolute Gasteiger partial charge is 0.243 e. The number of carbonyl (C=O) groups is 2. The summed E-state index contributed by atoms with van der Waals surface area (Å²) in [5.74, 6) is -0.273. The molecule has 0 radical (unpaired) electrons. The van der Waals surface area contributed by atoms with E-state index in [1.54, 1.807) is 10.9 Å². The first-order chi connectivity index (χ1) is 14.7. The van der Waals surface area contributed by atoms with E-state index in [1.165, 1.54) is 5.01 Å². The van der Waals surface area contributed by atoms with Crippen molar-refractivity contribution in [3.8, 4) is 5.69 Å². The van der Waals surface area contributed by atoms with Gasteiger partial charge in [-0.1, -0.05) is 42.5 Å². The van der Waals surface area contributed by atoms with Gasteiger partial charge in [-0.25, -0.2) is 9.69 Å². The van der Waals surface area contributed by atoms with Crippen molar-refractivity contribution >= 4 is 17.5 Å². The fraction of sp³-hybridized carbons (Fsp3) is 0.217. The number of nitrogens with zero attached hydrogens (tertiary/aromatic N) is 4. The third-order valence-corrected chi connectivity index (χ3v) is 4.96. The third-order valence-electron chi connectivity index (χ3n) is 4.96. The molecule has 0 unspecified atom stereocenters. The van der Waals surface area contributed by atoms with Crippen LogP contribution in [-0.4, -0.2) is 38.9 Å². The highest BCUT2D eigenvalue weighted by Crippen LogP contribution is 2.15. The first-order valence-corrected chi connectivity index (χ1v) is 9.98. The predicted octanol–water partition coefficient (Wildman–Crippen LogP) is 2.91. The van der Waals surface area contributed by atoms with Gasteiger partial charge in [-0.3, -0.25) is 9.59 Å². The van der Waals surface area contributed by atoms with E-state index in [4.69, 9.17) is 0 Å². The zero-order chi connectivity index (χ0) is 20.8. The largest absolute Gasteiger partial charge is 0.352 e. The summed E-state index contributed by atoms with van der Waals surface area (Å²) in [5, 5.41) is 12.9. The monoisotopic (exact) mass is 401 g/mol. The topological polar surface area (TPSA) is 79.6 Å². The molecule has 0 saturated heterocycles. The first kappa shape index (κ1) is 19.6. The molecule has 7 heteroatoms. The predicted molar refractivity (Wildman–Crippen MR) is 114 cm³/mol. The van der Waals surface area contributed by atoms with Crippen molar-refractivity contribution in [3.05, 3.63) is 84.2 Å². The third kappa shape index (κ3) is 4.81. The number of hydrogen-bond donors (Lipinski definition) is 1. The van der Waals surface area contributed by atoms with Crippen LogP contribution in [0.2, 0.25) is 0 Å². The van der Waals surface area contributed by atoms with E-state index in [9.17, 15) is 9.59 Å². The Morgan fingerprint density at radius 1 is 0.967 bits per heavy atom. The van der Waals surface area contributed by atoms with Crippen LogP contribution < -0.4 is 5.32 Å². The van der Waals surface area contributed by atoms with E-state index in [2.05, 4.69) is 15.5 Å². The van der Waals surface area contributed by atoms with Gasteiger partial charge in [0.15, 0.2) is 0 Å². The molecular formula is C23H23N5O2. The van der Waals surface area contributed by atoms with Gasteiger partial charge in [0.1, 0.15) is 0 Å². The molecule has 0 aliphatic carbocycles. The van der Waals surface area contributed by atoms with Crippen molar-refractivity contribution in [2.45, 2.75) is 25.8 Å². The molecule has 1 aliphatic rings. The Kier molecular flexibility index (Phi) is 5.98. The molecule has 4 rings (SSSR count). The van der Waals surface area contributed by atoms with Gasteiger partial charge >= 0.3 is 0 Å². The summed E-state index contributed by atoms with van der Waals surface area (Å²) in [6.07, 6.45) is 4.63. The Morgan fingerprint density at radius 2 is 1.77 bits per heavy atom. The fourth-order valence-corrected chi connectivity index (χ4v) is 3.30. The Bertz CT molecular complexity index is 1030. The lowest BCUT2D eigenvalue weighted by molar-refractivity contribution is -0.133. The molecule has 30 heavy (non-hydrogen) atoms. The van der Waals surface area contributed by atoms with Crippen molar-refractivity contribution < 1.29 is 9.59 Å². The summed E-state index contributed by atoms with van der Waals surface area (Å²) in [6.45, 7) is 0.986. The quantitative estimate of drug-likeness (QED) is 0.661. The lowest BCUT2D eigenvalue weighted by Gasteiger charge is -2.11. The molecule has 0 saturated carbocycles. The summed E-state index contributed by atoms with van der Waals surface area (Å²) >= 11 is 0. The number of benzene rings is 2. The van der Waals surface area contributed by atoms with Crippen LogP contribution in [0.1, 0.15) is 30.4 Å². The molecule has 2 amide bonds. The van der Waals surface area contributed by atoms with Gasteiger partial charge in [-0.2, -0.15) is 10.2 Å². The van der Waals surface area contributed by atoms with Crippen LogP contribution in [0.3, 0.4) is 0 Å². The van der Waals surface area contributed by atoms with Crippen LogP contribution in [0.15, 0.2) is 78.2 Å². The van der Waals surface area contributed by atoms with Gasteiger partial charge < -0.3 is 5.32 Å². The van der Waals surface area contributed by atoms with Crippen LogP contribution in [0.5, 0.6) is 0 Å². The standard InChI is InChI=1S/C23H23N5O2/c29-22(24-17-18-7-9-20(10-8-18)27-15-4-14-25-27)11-12-23(30)28-16-13-21(26-28)19-5-2-1-3-6-19/h1-10,14-15H,11-13,16-17H2,(H,24,29). The molecule has 1 N–H and O–H groups in total. The van der Waals surface area contributed by atoms with Crippen LogP contribution >= 0.6 is 0 Å². The number of amides is 2. The maximum absolute atomic E-state index is 12.4. The van der Waals surface area contributed by atoms with Crippen molar-refractivity contribution in [1.29, 1.82) is 0 Å². The van der Waals surface area contributed by atoms with Crippen LogP contribution in [0.25, 0.3) is 5.69 Å². The highest BCUT2D eigenvalue weighted by Gasteiger charge is 2.21. The Morgan fingerprint density at radius 3 is 2.50 bits per heavy atom. The molecule has 0 fully saturated rings. The second-order valence-corrected chi connectivity index (χ2v) is 7.07. The second kappa shape index (κ2) is 9.17. The van der Waals surface area contributed by atoms with Crippen molar-refractivity contribution in [2.24, 2.45) is 5.10 Å². The van der Waals surface area contributed by atoms with E-state index in [1.807, 2.05) is 66.9 Å². The molecule has 2 aromatic carbocycles. The van der Waals surface area contributed by atoms with Gasteiger partial charge in [-0.15, -0.1) is 0 Å². The number of aromatic nitrogens is 2. The second-order valence-electron chi connectivity index (χ2n) is 7.07. The van der Waals surface area contributed by atoms with Gasteiger partial charge in [0.25, 0.3) is 0 Å². The van der Waals surface area contributed by atoms with Gasteiger partial charge in [-0.05, 0) is 29.3 Å². The lowest BCUT2D eigenvalue weighted by atomic mass is 10.1. The summed E-state index contributed by atoms with van der Waals surface area (Å²) in [4.78, 5) is 24.5.